The average molecular weight is 378 g/mol. The van der Waals surface area contributed by atoms with Crippen LogP contribution in [0, 0.1) is 12.5 Å². The van der Waals surface area contributed by atoms with Gasteiger partial charge < -0.3 is 9.47 Å². The van der Waals surface area contributed by atoms with Crippen molar-refractivity contribution in [1.29, 1.82) is 0 Å². The summed E-state index contributed by atoms with van der Waals surface area (Å²) in [5, 5.41) is 0. The first-order valence-corrected chi connectivity index (χ1v) is 11.0. The van der Waals surface area contributed by atoms with Gasteiger partial charge in [0.15, 0.2) is 0 Å². The first-order chi connectivity index (χ1) is 13.2. The quantitative estimate of drug-likeness (QED) is 0.151. The number of hydrogen-bond acceptors (Lipinski definition) is 3. The Morgan fingerprint density at radius 1 is 0.963 bits per heavy atom. The van der Waals surface area contributed by atoms with Gasteiger partial charge in [-0.2, -0.15) is 0 Å². The molecule has 1 saturated carbocycles. The molecule has 1 aliphatic carbocycles. The van der Waals surface area contributed by atoms with E-state index in [-0.39, 0.29) is 5.70 Å². The van der Waals surface area contributed by atoms with Crippen LogP contribution in [0.15, 0.2) is 11.8 Å². The Balaban J connectivity index is 2.01. The average Bonchev–Trinajstić information content (AvgIpc) is 2.70. The Labute approximate surface area is 166 Å². The molecule has 0 radical (unpaired) electrons. The van der Waals surface area contributed by atoms with E-state index in [9.17, 15) is 4.79 Å². The van der Waals surface area contributed by atoms with Crippen molar-refractivity contribution in [3.63, 3.8) is 0 Å². The van der Waals surface area contributed by atoms with Gasteiger partial charge in [0.05, 0.1) is 19.8 Å². The standard InChI is InChI=1S/C23H39NO3/c1-4-5-6-7-8-9-10-11-12-13-18-27-21-16-14-20(15-17-21)19-22(24-2)23(25)26-3/h19-21H,4-18H2,1,3H3/b22-19-. The molecule has 0 aliphatic heterocycles. The fraction of sp³-hybridized carbons (Fsp3) is 0.826. The van der Waals surface area contributed by atoms with Gasteiger partial charge in [-0.05, 0) is 38.0 Å². The molecule has 0 aromatic heterocycles. The normalized spacial score (nSPS) is 20.3. The first kappa shape index (κ1) is 23.7. The molecule has 154 valence electrons. The summed E-state index contributed by atoms with van der Waals surface area (Å²) in [6.07, 6.45) is 19.6. The molecule has 0 aromatic carbocycles. The number of esters is 1. The summed E-state index contributed by atoms with van der Waals surface area (Å²) in [7, 11) is 1.32. The van der Waals surface area contributed by atoms with Crippen LogP contribution in [0.1, 0.15) is 96.8 Å². The molecule has 1 aliphatic rings. The summed E-state index contributed by atoms with van der Waals surface area (Å²) in [5.41, 5.74) is 0.118. The number of carbonyl (C=O) groups excluding carboxylic acids is 1. The molecule has 0 aromatic rings. The van der Waals surface area contributed by atoms with Crippen LogP contribution in [-0.2, 0) is 14.3 Å². The minimum Gasteiger partial charge on any atom is -0.474 e. The molecule has 1 fully saturated rings. The summed E-state index contributed by atoms with van der Waals surface area (Å²) in [6.45, 7) is 10.2. The zero-order chi connectivity index (χ0) is 19.7. The van der Waals surface area contributed by atoms with Crippen LogP contribution in [0.5, 0.6) is 0 Å². The van der Waals surface area contributed by atoms with Crippen LogP contribution in [0.3, 0.4) is 0 Å². The fourth-order valence-corrected chi connectivity index (χ4v) is 3.74. The molecule has 0 N–H and O–H groups in total. The van der Waals surface area contributed by atoms with Crippen molar-refractivity contribution in [1.82, 2.24) is 0 Å². The minimum absolute atomic E-state index is 0.118. The topological polar surface area (TPSA) is 39.9 Å². The molecule has 0 atom stereocenters. The van der Waals surface area contributed by atoms with Crippen LogP contribution in [0.4, 0.5) is 0 Å². The molecule has 27 heavy (non-hydrogen) atoms. The summed E-state index contributed by atoms with van der Waals surface area (Å²) in [6, 6.07) is 0. The smallest absolute Gasteiger partial charge is 0.335 e. The molecule has 0 saturated heterocycles. The third-order valence-electron chi connectivity index (χ3n) is 5.48. The van der Waals surface area contributed by atoms with Crippen LogP contribution in [0.2, 0.25) is 0 Å². The lowest BCUT2D eigenvalue weighted by molar-refractivity contribution is -0.135. The maximum Gasteiger partial charge on any atom is 0.335 e. The van der Waals surface area contributed by atoms with Crippen LogP contribution in [0.25, 0.3) is 4.85 Å². The molecule has 0 heterocycles. The Bertz CT molecular complexity index is 459. The van der Waals surface area contributed by atoms with E-state index in [1.54, 1.807) is 6.08 Å². The predicted molar refractivity (Wildman–Crippen MR) is 110 cm³/mol. The lowest BCUT2D eigenvalue weighted by Gasteiger charge is -2.27. The van der Waals surface area contributed by atoms with Crippen molar-refractivity contribution in [2.45, 2.75) is 103 Å². The molecule has 0 spiro atoms. The second kappa shape index (κ2) is 15.7. The van der Waals surface area contributed by atoms with Crippen LogP contribution < -0.4 is 0 Å². The van der Waals surface area contributed by atoms with Gasteiger partial charge in [0.25, 0.3) is 5.70 Å². The van der Waals surface area contributed by atoms with E-state index in [0.717, 1.165) is 32.3 Å². The number of carbonyl (C=O) groups is 1. The van der Waals surface area contributed by atoms with E-state index in [1.165, 1.54) is 71.3 Å². The van der Waals surface area contributed by atoms with Crippen LogP contribution in [-0.4, -0.2) is 25.8 Å². The van der Waals surface area contributed by atoms with Gasteiger partial charge in [-0.3, -0.25) is 4.79 Å². The number of allylic oxidation sites excluding steroid dienone is 1. The molecule has 4 heteroatoms. The maximum atomic E-state index is 11.5. The van der Waals surface area contributed by atoms with E-state index in [1.807, 2.05) is 0 Å². The molecule has 4 nitrogen and oxygen atoms in total. The Morgan fingerprint density at radius 3 is 2.04 bits per heavy atom. The summed E-state index contributed by atoms with van der Waals surface area (Å²) < 4.78 is 10.7. The number of nitrogens with zero attached hydrogens (tertiary/aromatic N) is 1. The van der Waals surface area contributed by atoms with E-state index in [2.05, 4.69) is 16.5 Å². The maximum absolute atomic E-state index is 11.5. The van der Waals surface area contributed by atoms with Gasteiger partial charge in [-0.25, -0.2) is 4.85 Å². The van der Waals surface area contributed by atoms with E-state index < -0.39 is 5.97 Å². The molecule has 0 bridgehead atoms. The van der Waals surface area contributed by atoms with Gasteiger partial charge in [0, 0.05) is 6.61 Å². The predicted octanol–water partition coefficient (Wildman–Crippen LogP) is 6.46. The molecule has 1 rings (SSSR count). The lowest BCUT2D eigenvalue weighted by Crippen LogP contribution is -2.21. The number of methoxy groups -OCH3 is 1. The number of hydrogen-bond donors (Lipinski definition) is 0. The van der Waals surface area contributed by atoms with E-state index in [0.29, 0.717) is 12.0 Å². The van der Waals surface area contributed by atoms with Gasteiger partial charge >= 0.3 is 5.97 Å². The highest BCUT2D eigenvalue weighted by molar-refractivity contribution is 5.90. The van der Waals surface area contributed by atoms with Gasteiger partial charge in [-0.1, -0.05) is 70.8 Å². The summed E-state index contributed by atoms with van der Waals surface area (Å²) >= 11 is 0. The van der Waals surface area contributed by atoms with Crippen LogP contribution >= 0.6 is 0 Å². The third-order valence-corrected chi connectivity index (χ3v) is 5.48. The van der Waals surface area contributed by atoms with Crippen molar-refractivity contribution in [2.24, 2.45) is 5.92 Å². The number of rotatable bonds is 14. The summed E-state index contributed by atoms with van der Waals surface area (Å²) in [4.78, 5) is 14.8. The number of ether oxygens (including phenoxy) is 2. The Hall–Kier alpha value is -1.34. The van der Waals surface area contributed by atoms with Crippen molar-refractivity contribution in [2.75, 3.05) is 13.7 Å². The molecular weight excluding hydrogens is 338 g/mol. The van der Waals surface area contributed by atoms with Gasteiger partial charge in [-0.15, -0.1) is 0 Å². The first-order valence-electron chi connectivity index (χ1n) is 11.0. The second-order valence-electron chi connectivity index (χ2n) is 7.74. The zero-order valence-corrected chi connectivity index (χ0v) is 17.5. The van der Waals surface area contributed by atoms with Gasteiger partial charge in [0.1, 0.15) is 0 Å². The summed E-state index contributed by atoms with van der Waals surface area (Å²) in [5.74, 6) is -0.227. The fourth-order valence-electron chi connectivity index (χ4n) is 3.74. The van der Waals surface area contributed by atoms with Crippen molar-refractivity contribution < 1.29 is 14.3 Å². The Morgan fingerprint density at radius 2 is 1.52 bits per heavy atom. The highest BCUT2D eigenvalue weighted by atomic mass is 16.5. The third kappa shape index (κ3) is 11.2. The molecule has 0 amide bonds. The van der Waals surface area contributed by atoms with Crippen molar-refractivity contribution in [3.05, 3.63) is 23.2 Å². The molecule has 0 unspecified atom stereocenters. The van der Waals surface area contributed by atoms with E-state index >= 15 is 0 Å². The second-order valence-corrected chi connectivity index (χ2v) is 7.74. The molecular formula is C23H39NO3. The monoisotopic (exact) mass is 377 g/mol. The van der Waals surface area contributed by atoms with Crippen molar-refractivity contribution in [3.8, 4) is 0 Å². The highest BCUT2D eigenvalue weighted by Crippen LogP contribution is 2.28. The largest absolute Gasteiger partial charge is 0.474 e. The lowest BCUT2D eigenvalue weighted by atomic mass is 9.87. The SMILES string of the molecule is [C-]#[N+]/C(=C\C1CCC(OCCCCCCCCCCCC)CC1)C(=O)OC. The van der Waals surface area contributed by atoms with Gasteiger partial charge in [0.2, 0.25) is 0 Å². The minimum atomic E-state index is -0.524. The number of unbranched alkanes of at least 4 members (excludes halogenated alkanes) is 9. The highest BCUT2D eigenvalue weighted by Gasteiger charge is 2.22. The Kier molecular flexibility index (Phi) is 13.8. The van der Waals surface area contributed by atoms with Crippen molar-refractivity contribution >= 4 is 5.97 Å². The van der Waals surface area contributed by atoms with E-state index in [4.69, 9.17) is 11.3 Å². The zero-order valence-electron chi connectivity index (χ0n) is 17.5.